The highest BCUT2D eigenvalue weighted by molar-refractivity contribution is 6.34. The van der Waals surface area contributed by atoms with Gasteiger partial charge in [-0.25, -0.2) is 0 Å². The number of nitrogens with one attached hydrogen (secondary N) is 1. The van der Waals surface area contributed by atoms with Crippen LogP contribution in [0.15, 0.2) is 24.3 Å². The molecule has 1 aromatic carbocycles. The van der Waals surface area contributed by atoms with E-state index in [1.54, 1.807) is 31.2 Å². The smallest absolute Gasteiger partial charge is 0.180 e. The van der Waals surface area contributed by atoms with Gasteiger partial charge in [0.15, 0.2) is 5.78 Å². The summed E-state index contributed by atoms with van der Waals surface area (Å²) in [6.07, 6.45) is 0. The molecule has 1 aromatic rings. The topological polar surface area (TPSA) is 49.3 Å². The number of hydrogen-bond donors (Lipinski definition) is 2. The van der Waals surface area contributed by atoms with E-state index in [1.807, 2.05) is 13.8 Å². The fourth-order valence-corrected chi connectivity index (χ4v) is 1.82. The molecule has 0 aliphatic rings. The molecule has 0 amide bonds. The maximum atomic E-state index is 12.1. The first kappa shape index (κ1) is 14.2. The van der Waals surface area contributed by atoms with E-state index in [4.69, 9.17) is 16.7 Å². The molecule has 94 valence electrons. The molecular weight excluding hydrogens is 238 g/mol. The number of aliphatic hydroxyl groups excluding tert-OH is 1. The monoisotopic (exact) mass is 255 g/mol. The zero-order valence-electron chi connectivity index (χ0n) is 10.3. The minimum absolute atomic E-state index is 0.0346. The highest BCUT2D eigenvalue weighted by atomic mass is 35.5. The van der Waals surface area contributed by atoms with Crippen molar-refractivity contribution in [1.82, 2.24) is 5.32 Å². The van der Waals surface area contributed by atoms with Crippen molar-refractivity contribution >= 4 is 17.4 Å². The van der Waals surface area contributed by atoms with Gasteiger partial charge in [0, 0.05) is 11.1 Å². The fourth-order valence-electron chi connectivity index (χ4n) is 1.59. The lowest BCUT2D eigenvalue weighted by molar-refractivity contribution is 0.0912. The van der Waals surface area contributed by atoms with Crippen molar-refractivity contribution < 1.29 is 9.90 Å². The number of rotatable bonds is 5. The molecule has 0 radical (unpaired) electrons. The van der Waals surface area contributed by atoms with Crippen LogP contribution in [-0.2, 0) is 0 Å². The summed E-state index contributed by atoms with van der Waals surface area (Å²) in [6, 6.07) is 6.57. The maximum absolute atomic E-state index is 12.1. The van der Waals surface area contributed by atoms with Crippen LogP contribution in [0.3, 0.4) is 0 Å². The van der Waals surface area contributed by atoms with Gasteiger partial charge in [0.05, 0.1) is 17.7 Å². The summed E-state index contributed by atoms with van der Waals surface area (Å²) in [6.45, 7) is 5.41. The second-order valence-corrected chi connectivity index (χ2v) is 5.16. The Balaban J connectivity index is 2.81. The minimum atomic E-state index is -0.490. The van der Waals surface area contributed by atoms with E-state index >= 15 is 0 Å². The lowest BCUT2D eigenvalue weighted by Crippen LogP contribution is -2.50. The molecule has 0 fully saturated rings. The first-order valence-corrected chi connectivity index (χ1v) is 5.92. The van der Waals surface area contributed by atoms with Crippen LogP contribution in [0.2, 0.25) is 5.02 Å². The minimum Gasteiger partial charge on any atom is -0.394 e. The van der Waals surface area contributed by atoms with Gasteiger partial charge < -0.3 is 10.4 Å². The van der Waals surface area contributed by atoms with Crippen molar-refractivity contribution in [3.8, 4) is 0 Å². The highest BCUT2D eigenvalue weighted by Crippen LogP contribution is 2.17. The van der Waals surface area contributed by atoms with Gasteiger partial charge in [-0.2, -0.15) is 0 Å². The molecule has 0 bridgehead atoms. The second kappa shape index (κ2) is 5.63. The van der Waals surface area contributed by atoms with E-state index in [0.717, 1.165) is 0 Å². The molecule has 3 nitrogen and oxygen atoms in total. The molecule has 1 atom stereocenters. The van der Waals surface area contributed by atoms with Gasteiger partial charge in [-0.1, -0.05) is 23.7 Å². The van der Waals surface area contributed by atoms with Gasteiger partial charge in [0.25, 0.3) is 0 Å². The molecule has 0 spiro atoms. The summed E-state index contributed by atoms with van der Waals surface area (Å²) < 4.78 is 0. The number of hydrogen-bond acceptors (Lipinski definition) is 3. The van der Waals surface area contributed by atoms with Crippen LogP contribution in [0.25, 0.3) is 0 Å². The molecule has 1 rings (SSSR count). The predicted molar refractivity (Wildman–Crippen MR) is 69.5 cm³/mol. The Labute approximate surface area is 107 Å². The first-order valence-electron chi connectivity index (χ1n) is 5.54. The summed E-state index contributed by atoms with van der Waals surface area (Å²) in [5.41, 5.74) is 0.0129. The van der Waals surface area contributed by atoms with Gasteiger partial charge >= 0.3 is 0 Å². The third kappa shape index (κ3) is 3.80. The van der Waals surface area contributed by atoms with E-state index in [0.29, 0.717) is 10.6 Å². The predicted octanol–water partition coefficient (Wildman–Crippen LogP) is 2.27. The zero-order chi connectivity index (χ0) is 13.1. The van der Waals surface area contributed by atoms with Gasteiger partial charge in [0.2, 0.25) is 0 Å². The first-order chi connectivity index (χ1) is 7.87. The van der Waals surface area contributed by atoms with Crippen LogP contribution in [0.1, 0.15) is 31.1 Å². The molecule has 17 heavy (non-hydrogen) atoms. The number of carbonyl (C=O) groups is 1. The van der Waals surface area contributed by atoms with Crippen molar-refractivity contribution in [2.75, 3.05) is 6.61 Å². The Morgan fingerprint density at radius 2 is 2.06 bits per heavy atom. The molecule has 0 aliphatic carbocycles. The van der Waals surface area contributed by atoms with E-state index < -0.39 is 11.6 Å². The van der Waals surface area contributed by atoms with Crippen LogP contribution in [0.4, 0.5) is 0 Å². The van der Waals surface area contributed by atoms with Gasteiger partial charge in [-0.3, -0.25) is 4.79 Å². The summed E-state index contributed by atoms with van der Waals surface area (Å²) in [4.78, 5) is 12.1. The van der Waals surface area contributed by atoms with Crippen LogP contribution >= 0.6 is 11.6 Å². The van der Waals surface area contributed by atoms with Crippen molar-refractivity contribution in [1.29, 1.82) is 0 Å². The molecular formula is C13H18ClNO2. The maximum Gasteiger partial charge on any atom is 0.180 e. The molecule has 0 saturated carbocycles. The highest BCUT2D eigenvalue weighted by Gasteiger charge is 2.24. The SMILES string of the molecule is CC(NC(C)(C)CO)C(=O)c1ccccc1Cl. The Morgan fingerprint density at radius 1 is 1.47 bits per heavy atom. The van der Waals surface area contributed by atoms with E-state index in [1.165, 1.54) is 0 Å². The lowest BCUT2D eigenvalue weighted by Gasteiger charge is -2.27. The Morgan fingerprint density at radius 3 is 2.59 bits per heavy atom. The average Bonchev–Trinajstić information content (AvgIpc) is 2.28. The number of carbonyl (C=O) groups excluding carboxylic acids is 1. The average molecular weight is 256 g/mol. The van der Waals surface area contributed by atoms with Crippen LogP contribution < -0.4 is 5.32 Å². The van der Waals surface area contributed by atoms with Gasteiger partial charge in [0.1, 0.15) is 0 Å². The van der Waals surface area contributed by atoms with E-state index in [9.17, 15) is 4.79 Å². The van der Waals surface area contributed by atoms with E-state index in [-0.39, 0.29) is 12.4 Å². The lowest BCUT2D eigenvalue weighted by atomic mass is 10.0. The van der Waals surface area contributed by atoms with Crippen molar-refractivity contribution in [3.05, 3.63) is 34.9 Å². The molecule has 0 heterocycles. The Bertz CT molecular complexity index is 404. The third-order valence-corrected chi connectivity index (χ3v) is 2.86. The number of benzene rings is 1. The Hall–Kier alpha value is -0.900. The Kier molecular flexibility index (Phi) is 4.69. The largest absolute Gasteiger partial charge is 0.394 e. The standard InChI is InChI=1S/C13H18ClNO2/c1-9(15-13(2,3)8-16)12(17)10-6-4-5-7-11(10)14/h4-7,9,15-16H,8H2,1-3H3. The third-order valence-electron chi connectivity index (χ3n) is 2.54. The second-order valence-electron chi connectivity index (χ2n) is 4.75. The van der Waals surface area contributed by atoms with Crippen LogP contribution in [0, 0.1) is 0 Å². The molecule has 1 unspecified atom stereocenters. The van der Waals surface area contributed by atoms with Crippen LogP contribution in [-0.4, -0.2) is 29.1 Å². The number of ketones is 1. The fraction of sp³-hybridized carbons (Fsp3) is 0.462. The molecule has 0 aliphatic heterocycles. The quantitative estimate of drug-likeness (QED) is 0.794. The van der Waals surface area contributed by atoms with Crippen molar-refractivity contribution in [3.63, 3.8) is 0 Å². The summed E-state index contributed by atoms with van der Waals surface area (Å²) in [5, 5.41) is 12.7. The molecule has 4 heteroatoms. The zero-order valence-corrected chi connectivity index (χ0v) is 11.1. The van der Waals surface area contributed by atoms with E-state index in [2.05, 4.69) is 5.32 Å². The van der Waals surface area contributed by atoms with Gasteiger partial charge in [-0.05, 0) is 32.9 Å². The summed E-state index contributed by atoms with van der Waals surface area (Å²) >= 11 is 5.97. The molecule has 0 aromatic heterocycles. The molecule has 2 N–H and O–H groups in total. The number of Topliss-reactive ketones (excluding diaryl/α,β-unsaturated/α-hetero) is 1. The van der Waals surface area contributed by atoms with Gasteiger partial charge in [-0.15, -0.1) is 0 Å². The van der Waals surface area contributed by atoms with Crippen LogP contribution in [0.5, 0.6) is 0 Å². The molecule has 0 saturated heterocycles. The van der Waals surface area contributed by atoms with Crippen molar-refractivity contribution in [2.45, 2.75) is 32.4 Å². The van der Waals surface area contributed by atoms with Crippen molar-refractivity contribution in [2.24, 2.45) is 0 Å². The normalized spacial score (nSPS) is 13.5. The summed E-state index contributed by atoms with van der Waals surface area (Å²) in [7, 11) is 0. The number of aliphatic hydroxyl groups is 1. The number of halogens is 1. The summed E-state index contributed by atoms with van der Waals surface area (Å²) in [5.74, 6) is -0.0721.